The van der Waals surface area contributed by atoms with Gasteiger partial charge < -0.3 is 10.6 Å². The van der Waals surface area contributed by atoms with E-state index in [1.165, 1.54) is 13.2 Å². The second-order valence-electron chi connectivity index (χ2n) is 7.83. The Morgan fingerprint density at radius 2 is 1.81 bits per heavy atom. The van der Waals surface area contributed by atoms with Gasteiger partial charge in [0.05, 0.1) is 5.56 Å². The molecule has 1 fully saturated rings. The van der Waals surface area contributed by atoms with Crippen molar-refractivity contribution in [3.63, 3.8) is 0 Å². The van der Waals surface area contributed by atoms with Crippen molar-refractivity contribution in [2.24, 2.45) is 7.05 Å². The van der Waals surface area contributed by atoms with Gasteiger partial charge in [0.1, 0.15) is 17.2 Å². The Morgan fingerprint density at radius 1 is 1.12 bits per heavy atom. The molecular weight excluding hydrogens is 435 g/mol. The molecule has 0 radical (unpaired) electrons. The molecule has 0 saturated heterocycles. The van der Waals surface area contributed by atoms with E-state index < -0.39 is 29.8 Å². The Labute approximate surface area is 179 Å². The molecule has 1 amide bonds. The van der Waals surface area contributed by atoms with Crippen molar-refractivity contribution in [3.8, 4) is 0 Å². The molecule has 32 heavy (non-hydrogen) atoms. The fraction of sp³-hybridized carbons (Fsp3) is 0.450. The second-order valence-corrected chi connectivity index (χ2v) is 7.83. The number of nitrogens with one attached hydrogen (secondary N) is 2. The molecule has 0 bridgehead atoms. The van der Waals surface area contributed by atoms with Crippen LogP contribution in [0.4, 0.5) is 27.8 Å². The van der Waals surface area contributed by atoms with Gasteiger partial charge in [-0.1, -0.05) is 6.07 Å². The smallest absolute Gasteiger partial charge is 0.368 e. The number of hydrogen-bond acceptors (Lipinski definition) is 4. The Bertz CT molecular complexity index is 1110. The first-order chi connectivity index (χ1) is 15.1. The van der Waals surface area contributed by atoms with Crippen molar-refractivity contribution in [2.75, 3.05) is 5.32 Å². The minimum absolute atomic E-state index is 0.0234. The van der Waals surface area contributed by atoms with E-state index in [2.05, 4.69) is 20.7 Å². The van der Waals surface area contributed by atoms with Gasteiger partial charge in [0.15, 0.2) is 5.69 Å². The predicted molar refractivity (Wildman–Crippen MR) is 105 cm³/mol. The van der Waals surface area contributed by atoms with Crippen LogP contribution in [0.2, 0.25) is 0 Å². The summed E-state index contributed by atoms with van der Waals surface area (Å²) in [4.78, 5) is 16.3. The van der Waals surface area contributed by atoms with Crippen molar-refractivity contribution in [1.29, 1.82) is 0 Å². The molecule has 2 N–H and O–H groups in total. The lowest BCUT2D eigenvalue weighted by Gasteiger charge is -2.30. The van der Waals surface area contributed by atoms with Crippen molar-refractivity contribution in [3.05, 3.63) is 47.5 Å². The molecule has 1 aliphatic carbocycles. The summed E-state index contributed by atoms with van der Waals surface area (Å²) in [5, 5.41) is 9.35. The minimum Gasteiger partial charge on any atom is -0.368 e. The molecular formula is C20H21F5N6O. The monoisotopic (exact) mass is 456 g/mol. The summed E-state index contributed by atoms with van der Waals surface area (Å²) in [6.45, 7) is 0. The number of aryl methyl sites for hydroxylation is 1. The third-order valence-corrected chi connectivity index (χ3v) is 5.49. The molecule has 1 saturated carbocycles. The van der Waals surface area contributed by atoms with Crippen LogP contribution < -0.4 is 10.6 Å². The van der Waals surface area contributed by atoms with E-state index in [0.29, 0.717) is 37.1 Å². The van der Waals surface area contributed by atoms with E-state index in [0.717, 1.165) is 10.9 Å². The predicted octanol–water partition coefficient (Wildman–Crippen LogP) is 4.18. The van der Waals surface area contributed by atoms with E-state index in [9.17, 15) is 26.7 Å². The Hall–Kier alpha value is -3.18. The second kappa shape index (κ2) is 8.40. The molecule has 0 atom stereocenters. The van der Waals surface area contributed by atoms with Crippen LogP contribution in [0.1, 0.15) is 53.9 Å². The molecule has 4 rings (SSSR count). The van der Waals surface area contributed by atoms with Crippen molar-refractivity contribution < 1.29 is 26.7 Å². The first-order valence-electron chi connectivity index (χ1n) is 10.1. The molecule has 1 aliphatic rings. The Kier molecular flexibility index (Phi) is 5.78. The summed E-state index contributed by atoms with van der Waals surface area (Å²) < 4.78 is 67.8. The highest BCUT2D eigenvalue weighted by molar-refractivity contribution is 5.95. The molecule has 0 unspecified atom stereocenters. The summed E-state index contributed by atoms with van der Waals surface area (Å²) in [5.74, 6) is -0.177. The Balaban J connectivity index is 1.37. The number of amides is 1. The Morgan fingerprint density at radius 3 is 2.47 bits per heavy atom. The number of imidazole rings is 1. The topological polar surface area (TPSA) is 76.2 Å². The van der Waals surface area contributed by atoms with Crippen molar-refractivity contribution in [1.82, 2.24) is 24.5 Å². The van der Waals surface area contributed by atoms with Gasteiger partial charge in [-0.25, -0.2) is 13.8 Å². The normalized spacial score (nSPS) is 19.5. The van der Waals surface area contributed by atoms with E-state index in [1.807, 2.05) is 0 Å². The maximum atomic E-state index is 13.1. The molecule has 3 aromatic rings. The lowest BCUT2D eigenvalue weighted by Crippen LogP contribution is -2.40. The summed E-state index contributed by atoms with van der Waals surface area (Å²) in [7, 11) is 1.33. The van der Waals surface area contributed by atoms with Gasteiger partial charge in [0.25, 0.3) is 12.3 Å². The fourth-order valence-corrected chi connectivity index (χ4v) is 3.97. The van der Waals surface area contributed by atoms with Gasteiger partial charge in [-0.05, 0) is 37.8 Å². The quantitative estimate of drug-likeness (QED) is 0.565. The number of anilines is 1. The van der Waals surface area contributed by atoms with Crippen molar-refractivity contribution in [2.45, 2.75) is 50.4 Å². The lowest BCUT2D eigenvalue weighted by atomic mass is 9.91. The molecule has 7 nitrogen and oxygen atoms in total. The van der Waals surface area contributed by atoms with Gasteiger partial charge >= 0.3 is 6.18 Å². The van der Waals surface area contributed by atoms with Gasteiger partial charge in [0, 0.05) is 31.5 Å². The zero-order valence-electron chi connectivity index (χ0n) is 17.0. The van der Waals surface area contributed by atoms with Gasteiger partial charge in [-0.3, -0.25) is 13.9 Å². The van der Waals surface area contributed by atoms with Gasteiger partial charge in [-0.2, -0.15) is 18.3 Å². The number of fused-ring (bicyclic) bond motifs is 1. The number of aromatic nitrogens is 4. The molecule has 0 aliphatic heterocycles. The average molecular weight is 456 g/mol. The molecule has 172 valence electrons. The van der Waals surface area contributed by atoms with Crippen LogP contribution in [0, 0.1) is 0 Å². The summed E-state index contributed by atoms with van der Waals surface area (Å²) >= 11 is 0. The van der Waals surface area contributed by atoms with Crippen LogP contribution >= 0.6 is 0 Å². The SMILES string of the molecule is Cn1cc(C(=O)NC2CCC(Nc3cccc4nc(C(F)F)cn34)CC2)c(C(F)(F)F)n1. The number of pyridine rings is 1. The maximum Gasteiger partial charge on any atom is 0.435 e. The van der Waals surface area contributed by atoms with Crippen LogP contribution in [-0.2, 0) is 13.2 Å². The first kappa shape index (κ1) is 22.0. The average Bonchev–Trinajstić information content (AvgIpc) is 3.34. The summed E-state index contributed by atoms with van der Waals surface area (Å²) in [6, 6.07) is 4.88. The highest BCUT2D eigenvalue weighted by Gasteiger charge is 2.39. The van der Waals surface area contributed by atoms with Crippen molar-refractivity contribution >= 4 is 17.4 Å². The summed E-state index contributed by atoms with van der Waals surface area (Å²) in [5.41, 5.74) is -1.60. The summed E-state index contributed by atoms with van der Waals surface area (Å²) in [6.07, 6.45) is -2.60. The van der Waals surface area contributed by atoms with E-state index in [4.69, 9.17) is 0 Å². The number of rotatable bonds is 5. The molecule has 0 spiro atoms. The van der Waals surface area contributed by atoms with Crippen LogP contribution in [0.5, 0.6) is 0 Å². The lowest BCUT2D eigenvalue weighted by molar-refractivity contribution is -0.141. The molecule has 12 heteroatoms. The number of halogens is 5. The van der Waals surface area contributed by atoms with Crippen LogP contribution in [0.3, 0.4) is 0 Å². The fourth-order valence-electron chi connectivity index (χ4n) is 3.97. The number of hydrogen-bond donors (Lipinski definition) is 2. The standard InChI is InChI=1S/C20H21F5N6O/c1-30-9-13(17(29-30)20(23,24)25)19(32)27-12-7-5-11(6-8-12)26-15-3-2-4-16-28-14(18(21)22)10-31(15)16/h2-4,9-12,18,26H,5-8H2,1H3,(H,27,32). The van der Waals surface area contributed by atoms with E-state index in [-0.39, 0.29) is 17.8 Å². The highest BCUT2D eigenvalue weighted by atomic mass is 19.4. The highest BCUT2D eigenvalue weighted by Crippen LogP contribution is 2.31. The number of alkyl halides is 5. The zero-order chi connectivity index (χ0) is 23.0. The van der Waals surface area contributed by atoms with Crippen LogP contribution in [0.15, 0.2) is 30.6 Å². The third-order valence-electron chi connectivity index (χ3n) is 5.49. The minimum atomic E-state index is -4.71. The number of nitrogens with zero attached hydrogens (tertiary/aromatic N) is 4. The third kappa shape index (κ3) is 4.53. The number of carbonyl (C=O) groups excluding carboxylic acids is 1. The molecule has 0 aromatic carbocycles. The largest absolute Gasteiger partial charge is 0.435 e. The van der Waals surface area contributed by atoms with E-state index in [1.54, 1.807) is 22.6 Å². The van der Waals surface area contributed by atoms with Crippen LogP contribution in [0.25, 0.3) is 5.65 Å². The van der Waals surface area contributed by atoms with E-state index >= 15 is 0 Å². The zero-order valence-corrected chi connectivity index (χ0v) is 17.0. The van der Waals surface area contributed by atoms with Gasteiger partial charge in [0.2, 0.25) is 0 Å². The van der Waals surface area contributed by atoms with Gasteiger partial charge in [-0.15, -0.1) is 0 Å². The van der Waals surface area contributed by atoms with Crippen LogP contribution in [-0.4, -0.2) is 37.2 Å². The molecule has 3 heterocycles. The first-order valence-corrected chi connectivity index (χ1v) is 10.1. The molecule has 3 aromatic heterocycles. The maximum absolute atomic E-state index is 13.1. The number of carbonyl (C=O) groups is 1.